The number of rotatable bonds is 6. The van der Waals surface area contributed by atoms with Gasteiger partial charge in [-0.15, -0.1) is 0 Å². The summed E-state index contributed by atoms with van der Waals surface area (Å²) in [6, 6.07) is 12.4. The molecular formula is C20H19N3O5. The predicted octanol–water partition coefficient (Wildman–Crippen LogP) is 1.70. The molecule has 2 aromatic carbocycles. The zero-order valence-corrected chi connectivity index (χ0v) is 15.3. The highest BCUT2D eigenvalue weighted by molar-refractivity contribution is 5.93. The Morgan fingerprint density at radius 2 is 2.04 bits per heavy atom. The Morgan fingerprint density at radius 3 is 2.89 bits per heavy atom. The van der Waals surface area contributed by atoms with Crippen LogP contribution in [0.1, 0.15) is 16.2 Å². The number of hydrogen-bond donors (Lipinski definition) is 1. The molecule has 144 valence electrons. The van der Waals surface area contributed by atoms with Gasteiger partial charge in [0.1, 0.15) is 0 Å². The van der Waals surface area contributed by atoms with E-state index in [2.05, 4.69) is 10.3 Å². The molecule has 1 amide bonds. The number of methoxy groups -OCH3 is 1. The Hall–Kier alpha value is -3.39. The Morgan fingerprint density at radius 1 is 1.21 bits per heavy atom. The number of carbonyl (C=O) groups is 1. The highest BCUT2D eigenvalue weighted by Crippen LogP contribution is 2.32. The molecule has 0 saturated carbocycles. The molecular weight excluding hydrogens is 362 g/mol. The first kappa shape index (κ1) is 18.0. The number of ether oxygens (including phenoxy) is 3. The van der Waals surface area contributed by atoms with Gasteiger partial charge < -0.3 is 19.5 Å². The minimum Gasteiger partial charge on any atom is -0.454 e. The summed E-state index contributed by atoms with van der Waals surface area (Å²) < 4.78 is 17.1. The van der Waals surface area contributed by atoms with Gasteiger partial charge in [0.2, 0.25) is 12.6 Å². The second kappa shape index (κ2) is 7.69. The van der Waals surface area contributed by atoms with E-state index in [1.54, 1.807) is 37.4 Å². The summed E-state index contributed by atoms with van der Waals surface area (Å²) in [5, 5.41) is 3.28. The largest absolute Gasteiger partial charge is 0.454 e. The van der Waals surface area contributed by atoms with Crippen LogP contribution >= 0.6 is 0 Å². The normalized spacial score (nSPS) is 12.3. The highest BCUT2D eigenvalue weighted by atomic mass is 16.7. The van der Waals surface area contributed by atoms with E-state index in [0.29, 0.717) is 29.0 Å². The second-order valence-electron chi connectivity index (χ2n) is 6.27. The van der Waals surface area contributed by atoms with Crippen molar-refractivity contribution in [1.82, 2.24) is 14.9 Å². The van der Waals surface area contributed by atoms with E-state index in [1.807, 2.05) is 12.1 Å². The number of hydrogen-bond acceptors (Lipinski definition) is 6. The average Bonchev–Trinajstić information content (AvgIpc) is 3.19. The number of benzene rings is 2. The summed E-state index contributed by atoms with van der Waals surface area (Å²) in [5.74, 6) is 0.949. The Labute approximate surface area is 160 Å². The SMILES string of the molecule is COCCn1c(C(=O)NCc2ccc3c(c2)OCO3)nc2ccccc2c1=O. The van der Waals surface area contributed by atoms with Crippen molar-refractivity contribution >= 4 is 16.8 Å². The molecule has 0 bridgehead atoms. The fourth-order valence-corrected chi connectivity index (χ4v) is 3.04. The van der Waals surface area contributed by atoms with Crippen LogP contribution in [0.2, 0.25) is 0 Å². The van der Waals surface area contributed by atoms with Crippen LogP contribution in [0.3, 0.4) is 0 Å². The fraction of sp³-hybridized carbons (Fsp3) is 0.250. The first-order valence-electron chi connectivity index (χ1n) is 8.82. The molecule has 0 fully saturated rings. The molecule has 0 spiro atoms. The molecule has 28 heavy (non-hydrogen) atoms. The summed E-state index contributed by atoms with van der Waals surface area (Å²) >= 11 is 0. The minimum absolute atomic E-state index is 0.0569. The van der Waals surface area contributed by atoms with Gasteiger partial charge in [-0.3, -0.25) is 14.2 Å². The van der Waals surface area contributed by atoms with Gasteiger partial charge >= 0.3 is 0 Å². The zero-order chi connectivity index (χ0) is 19.5. The van der Waals surface area contributed by atoms with Gasteiger partial charge in [-0.1, -0.05) is 18.2 Å². The standard InChI is InChI=1S/C20H19N3O5/c1-26-9-8-23-18(22-15-5-3-2-4-14(15)20(23)25)19(24)21-11-13-6-7-16-17(10-13)28-12-27-16/h2-7,10H,8-9,11-12H2,1H3,(H,21,24). The van der Waals surface area contributed by atoms with Gasteiger partial charge in [0.25, 0.3) is 11.5 Å². The van der Waals surface area contributed by atoms with Crippen molar-refractivity contribution in [1.29, 1.82) is 0 Å². The molecule has 8 heteroatoms. The number of nitrogens with zero attached hydrogens (tertiary/aromatic N) is 2. The van der Waals surface area contributed by atoms with Gasteiger partial charge in [-0.25, -0.2) is 4.98 Å². The maximum Gasteiger partial charge on any atom is 0.287 e. The predicted molar refractivity (Wildman–Crippen MR) is 102 cm³/mol. The molecule has 1 aliphatic heterocycles. The number of fused-ring (bicyclic) bond motifs is 2. The Bertz CT molecular complexity index is 1090. The number of aromatic nitrogens is 2. The first-order valence-corrected chi connectivity index (χ1v) is 8.82. The number of nitrogens with one attached hydrogen (secondary N) is 1. The van der Waals surface area contributed by atoms with Gasteiger partial charge in [0.05, 0.1) is 24.1 Å². The van der Waals surface area contributed by atoms with Crippen molar-refractivity contribution in [2.24, 2.45) is 0 Å². The van der Waals surface area contributed by atoms with Crippen molar-refractivity contribution in [3.8, 4) is 11.5 Å². The third kappa shape index (κ3) is 3.41. The smallest absolute Gasteiger partial charge is 0.287 e. The average molecular weight is 381 g/mol. The molecule has 0 unspecified atom stereocenters. The van der Waals surface area contributed by atoms with Crippen molar-refractivity contribution < 1.29 is 19.0 Å². The molecule has 0 atom stereocenters. The quantitative estimate of drug-likeness (QED) is 0.699. The molecule has 3 aromatic rings. The van der Waals surface area contributed by atoms with Crippen molar-refractivity contribution in [2.45, 2.75) is 13.1 Å². The molecule has 2 heterocycles. The molecule has 0 aliphatic carbocycles. The molecule has 0 saturated heterocycles. The Kier molecular flexibility index (Phi) is 4.94. The van der Waals surface area contributed by atoms with Crippen LogP contribution < -0.4 is 20.3 Å². The van der Waals surface area contributed by atoms with Gasteiger partial charge in [-0.2, -0.15) is 0 Å². The topological polar surface area (TPSA) is 91.7 Å². The maximum atomic E-state index is 12.8. The number of amides is 1. The summed E-state index contributed by atoms with van der Waals surface area (Å²) in [7, 11) is 1.54. The lowest BCUT2D eigenvalue weighted by Crippen LogP contribution is -2.34. The fourth-order valence-electron chi connectivity index (χ4n) is 3.04. The molecule has 8 nitrogen and oxygen atoms in total. The van der Waals surface area contributed by atoms with Crippen molar-refractivity contribution in [2.75, 3.05) is 20.5 Å². The van der Waals surface area contributed by atoms with Crippen LogP contribution in [0, 0.1) is 0 Å². The molecule has 1 aliphatic rings. The lowest BCUT2D eigenvalue weighted by atomic mass is 10.2. The zero-order valence-electron chi connectivity index (χ0n) is 15.3. The van der Waals surface area contributed by atoms with Crippen molar-refractivity contribution in [3.05, 3.63) is 64.2 Å². The Balaban J connectivity index is 1.61. The van der Waals surface area contributed by atoms with E-state index < -0.39 is 5.91 Å². The molecule has 1 N–H and O–H groups in total. The second-order valence-corrected chi connectivity index (χ2v) is 6.27. The van der Waals surface area contributed by atoms with E-state index in [1.165, 1.54) is 4.57 Å². The third-order valence-electron chi connectivity index (χ3n) is 4.47. The van der Waals surface area contributed by atoms with E-state index in [4.69, 9.17) is 14.2 Å². The van der Waals surface area contributed by atoms with E-state index in [-0.39, 0.29) is 31.3 Å². The summed E-state index contributed by atoms with van der Waals surface area (Å²) in [6.45, 7) is 0.989. The van der Waals surface area contributed by atoms with Gasteiger partial charge in [-0.05, 0) is 29.8 Å². The highest BCUT2D eigenvalue weighted by Gasteiger charge is 2.18. The third-order valence-corrected chi connectivity index (χ3v) is 4.47. The number of para-hydroxylation sites is 1. The molecule has 4 rings (SSSR count). The minimum atomic E-state index is -0.434. The van der Waals surface area contributed by atoms with Crippen LogP contribution in [-0.2, 0) is 17.8 Å². The maximum absolute atomic E-state index is 12.8. The summed E-state index contributed by atoms with van der Waals surface area (Å²) in [4.78, 5) is 30.0. The van der Waals surface area contributed by atoms with Gasteiger partial charge in [0.15, 0.2) is 11.5 Å². The van der Waals surface area contributed by atoms with E-state index >= 15 is 0 Å². The van der Waals surface area contributed by atoms with E-state index in [0.717, 1.165) is 5.56 Å². The van der Waals surface area contributed by atoms with Crippen LogP contribution in [0.25, 0.3) is 10.9 Å². The monoisotopic (exact) mass is 381 g/mol. The van der Waals surface area contributed by atoms with Crippen LogP contribution in [0.4, 0.5) is 0 Å². The molecule has 1 aromatic heterocycles. The van der Waals surface area contributed by atoms with Crippen LogP contribution in [0.15, 0.2) is 47.3 Å². The van der Waals surface area contributed by atoms with E-state index in [9.17, 15) is 9.59 Å². The number of carbonyl (C=O) groups excluding carboxylic acids is 1. The summed E-state index contributed by atoms with van der Waals surface area (Å²) in [6.07, 6.45) is 0. The van der Waals surface area contributed by atoms with Crippen LogP contribution in [0.5, 0.6) is 11.5 Å². The van der Waals surface area contributed by atoms with Gasteiger partial charge in [0, 0.05) is 13.7 Å². The summed E-state index contributed by atoms with van der Waals surface area (Å²) in [5.41, 5.74) is 1.06. The first-order chi connectivity index (χ1) is 13.7. The molecule has 0 radical (unpaired) electrons. The lowest BCUT2D eigenvalue weighted by molar-refractivity contribution is 0.0931. The van der Waals surface area contributed by atoms with Crippen LogP contribution in [-0.4, -0.2) is 36.0 Å². The lowest BCUT2D eigenvalue weighted by Gasteiger charge is -2.13. The van der Waals surface area contributed by atoms with Crippen molar-refractivity contribution in [3.63, 3.8) is 0 Å².